The molecule has 6 heteroatoms. The molecule has 0 saturated carbocycles. The molecule has 0 spiro atoms. The van der Waals surface area contributed by atoms with Crippen molar-refractivity contribution >= 4 is 23.0 Å². The van der Waals surface area contributed by atoms with Crippen LogP contribution in [-0.4, -0.2) is 41.8 Å². The van der Waals surface area contributed by atoms with E-state index in [4.69, 9.17) is 22.7 Å². The van der Waals surface area contributed by atoms with Crippen molar-refractivity contribution in [3.05, 3.63) is 18.1 Å². The van der Waals surface area contributed by atoms with E-state index < -0.39 is 0 Å². The zero-order valence-electron chi connectivity index (χ0n) is 10.2. The lowest BCUT2D eigenvalue weighted by atomic mass is 10.3. The Kier molecular flexibility index (Phi) is 5.79. The van der Waals surface area contributed by atoms with E-state index in [-0.39, 0.29) is 0 Å². The topological polar surface area (TPSA) is 64.3 Å². The van der Waals surface area contributed by atoms with E-state index in [1.165, 1.54) is 0 Å². The number of aryl methyl sites for hydroxylation is 1. The summed E-state index contributed by atoms with van der Waals surface area (Å²) in [4.78, 5) is 11.1. The fourth-order valence-corrected chi connectivity index (χ4v) is 1.50. The number of hydrogen-bond acceptors (Lipinski definition) is 5. The normalized spacial score (nSPS) is 10.2. The standard InChI is InChI=1S/C11H18N4OS/c1-9-13-5-3-11(14-9)15(7-8-16-2)6-4-10(12)17/h3,5H,4,6-8H2,1-2H3,(H2,12,17). The fourth-order valence-electron chi connectivity index (χ4n) is 1.41. The lowest BCUT2D eigenvalue weighted by Crippen LogP contribution is -2.31. The maximum atomic E-state index is 5.52. The fraction of sp³-hybridized carbons (Fsp3) is 0.545. The van der Waals surface area contributed by atoms with Crippen molar-refractivity contribution in [2.45, 2.75) is 13.3 Å². The summed E-state index contributed by atoms with van der Waals surface area (Å²) in [5.41, 5.74) is 5.52. The van der Waals surface area contributed by atoms with Gasteiger partial charge in [-0.25, -0.2) is 9.97 Å². The third-order valence-corrected chi connectivity index (χ3v) is 2.48. The molecule has 2 N–H and O–H groups in total. The van der Waals surface area contributed by atoms with Gasteiger partial charge in [-0.3, -0.25) is 0 Å². The van der Waals surface area contributed by atoms with Gasteiger partial charge in [0.25, 0.3) is 0 Å². The number of thiocarbonyl (C=S) groups is 1. The van der Waals surface area contributed by atoms with Crippen LogP contribution in [0.4, 0.5) is 5.82 Å². The summed E-state index contributed by atoms with van der Waals surface area (Å²) in [6.45, 7) is 4.01. The van der Waals surface area contributed by atoms with Gasteiger partial charge in [-0.2, -0.15) is 0 Å². The van der Waals surface area contributed by atoms with E-state index in [0.29, 0.717) is 18.0 Å². The SMILES string of the molecule is COCCN(CCC(N)=S)c1ccnc(C)n1. The molecule has 0 saturated heterocycles. The molecule has 0 aliphatic heterocycles. The average Bonchev–Trinajstić information content (AvgIpc) is 2.29. The molecule has 1 heterocycles. The summed E-state index contributed by atoms with van der Waals surface area (Å²) in [5.74, 6) is 1.63. The van der Waals surface area contributed by atoms with Crippen LogP contribution >= 0.6 is 12.2 Å². The molecule has 0 fully saturated rings. The predicted molar refractivity (Wildman–Crippen MR) is 72.3 cm³/mol. The second-order valence-corrected chi connectivity index (χ2v) is 4.18. The Hall–Kier alpha value is -1.27. The van der Waals surface area contributed by atoms with Crippen LogP contribution in [0.15, 0.2) is 12.3 Å². The lowest BCUT2D eigenvalue weighted by molar-refractivity contribution is 0.205. The minimum absolute atomic E-state index is 0.512. The predicted octanol–water partition coefficient (Wildman–Crippen LogP) is 0.914. The number of anilines is 1. The van der Waals surface area contributed by atoms with Crippen LogP contribution in [0.3, 0.4) is 0 Å². The zero-order chi connectivity index (χ0) is 12.7. The largest absolute Gasteiger partial charge is 0.393 e. The minimum Gasteiger partial charge on any atom is -0.393 e. The Balaban J connectivity index is 2.70. The Bertz CT molecular complexity index is 372. The molecule has 1 aromatic rings. The van der Waals surface area contributed by atoms with E-state index in [1.807, 2.05) is 13.0 Å². The smallest absolute Gasteiger partial charge is 0.132 e. The van der Waals surface area contributed by atoms with Gasteiger partial charge in [0.05, 0.1) is 11.6 Å². The van der Waals surface area contributed by atoms with Crippen molar-refractivity contribution in [2.24, 2.45) is 5.73 Å². The third-order valence-electron chi connectivity index (χ3n) is 2.28. The van der Waals surface area contributed by atoms with Crippen LogP contribution in [0.5, 0.6) is 0 Å². The zero-order valence-corrected chi connectivity index (χ0v) is 11.0. The number of methoxy groups -OCH3 is 1. The molecule has 5 nitrogen and oxygen atoms in total. The number of aromatic nitrogens is 2. The molecule has 0 unspecified atom stereocenters. The molecular formula is C11H18N4OS. The molecule has 0 aromatic carbocycles. The summed E-state index contributed by atoms with van der Waals surface area (Å²) >= 11 is 4.89. The molecule has 1 aromatic heterocycles. The highest BCUT2D eigenvalue weighted by molar-refractivity contribution is 7.80. The second-order valence-electron chi connectivity index (χ2n) is 3.66. The van der Waals surface area contributed by atoms with Gasteiger partial charge in [0.1, 0.15) is 11.6 Å². The van der Waals surface area contributed by atoms with Crippen molar-refractivity contribution in [3.63, 3.8) is 0 Å². The molecule has 1 rings (SSSR count). The first kappa shape index (κ1) is 13.8. The Labute approximate surface area is 107 Å². The first-order valence-electron chi connectivity index (χ1n) is 5.45. The third kappa shape index (κ3) is 5.06. The Morgan fingerprint density at radius 2 is 2.29 bits per heavy atom. The Morgan fingerprint density at radius 1 is 1.53 bits per heavy atom. The van der Waals surface area contributed by atoms with E-state index >= 15 is 0 Å². The molecule has 0 atom stereocenters. The molecule has 0 amide bonds. The number of ether oxygens (including phenoxy) is 1. The molecule has 0 radical (unpaired) electrons. The van der Waals surface area contributed by atoms with Crippen molar-refractivity contribution in [1.82, 2.24) is 9.97 Å². The van der Waals surface area contributed by atoms with Crippen molar-refractivity contribution in [2.75, 3.05) is 31.7 Å². The maximum Gasteiger partial charge on any atom is 0.132 e. The first-order chi connectivity index (χ1) is 8.13. The quantitative estimate of drug-likeness (QED) is 0.730. The molecular weight excluding hydrogens is 236 g/mol. The Morgan fingerprint density at radius 3 is 2.88 bits per heavy atom. The minimum atomic E-state index is 0.512. The van der Waals surface area contributed by atoms with E-state index in [9.17, 15) is 0 Å². The van der Waals surface area contributed by atoms with E-state index in [2.05, 4.69) is 14.9 Å². The number of nitrogens with two attached hydrogens (primary N) is 1. The maximum absolute atomic E-state index is 5.52. The van der Waals surface area contributed by atoms with Gasteiger partial charge in [0.2, 0.25) is 0 Å². The van der Waals surface area contributed by atoms with Gasteiger partial charge in [-0.05, 0) is 13.0 Å². The number of nitrogens with zero attached hydrogens (tertiary/aromatic N) is 3. The van der Waals surface area contributed by atoms with Gasteiger partial charge in [0, 0.05) is 32.8 Å². The van der Waals surface area contributed by atoms with Crippen molar-refractivity contribution in [3.8, 4) is 0 Å². The molecule has 0 aliphatic rings. The summed E-state index contributed by atoms with van der Waals surface area (Å²) in [6, 6.07) is 1.88. The van der Waals surface area contributed by atoms with Crippen LogP contribution in [0.1, 0.15) is 12.2 Å². The molecule has 17 heavy (non-hydrogen) atoms. The van der Waals surface area contributed by atoms with Gasteiger partial charge in [-0.15, -0.1) is 0 Å². The van der Waals surface area contributed by atoms with Crippen molar-refractivity contribution < 1.29 is 4.74 Å². The lowest BCUT2D eigenvalue weighted by Gasteiger charge is -2.23. The van der Waals surface area contributed by atoms with Gasteiger partial charge in [-0.1, -0.05) is 12.2 Å². The van der Waals surface area contributed by atoms with Gasteiger partial charge >= 0.3 is 0 Å². The van der Waals surface area contributed by atoms with Crippen LogP contribution < -0.4 is 10.6 Å². The van der Waals surface area contributed by atoms with Crippen LogP contribution in [0.25, 0.3) is 0 Å². The number of hydrogen-bond donors (Lipinski definition) is 1. The van der Waals surface area contributed by atoms with E-state index in [0.717, 1.165) is 24.7 Å². The number of rotatable bonds is 7. The second kappa shape index (κ2) is 7.13. The molecule has 94 valence electrons. The highest BCUT2D eigenvalue weighted by Crippen LogP contribution is 2.10. The van der Waals surface area contributed by atoms with Crippen LogP contribution in [0.2, 0.25) is 0 Å². The van der Waals surface area contributed by atoms with Crippen LogP contribution in [0, 0.1) is 6.92 Å². The van der Waals surface area contributed by atoms with Crippen LogP contribution in [-0.2, 0) is 4.74 Å². The van der Waals surface area contributed by atoms with Crippen molar-refractivity contribution in [1.29, 1.82) is 0 Å². The highest BCUT2D eigenvalue weighted by atomic mass is 32.1. The summed E-state index contributed by atoms with van der Waals surface area (Å²) < 4.78 is 5.08. The first-order valence-corrected chi connectivity index (χ1v) is 5.86. The average molecular weight is 254 g/mol. The van der Waals surface area contributed by atoms with Gasteiger partial charge in [0.15, 0.2) is 0 Å². The molecule has 0 bridgehead atoms. The highest BCUT2D eigenvalue weighted by Gasteiger charge is 2.08. The summed E-state index contributed by atoms with van der Waals surface area (Å²) in [5, 5.41) is 0. The van der Waals surface area contributed by atoms with E-state index in [1.54, 1.807) is 13.3 Å². The molecule has 0 aliphatic carbocycles. The van der Waals surface area contributed by atoms with Gasteiger partial charge < -0.3 is 15.4 Å². The summed E-state index contributed by atoms with van der Waals surface area (Å²) in [7, 11) is 1.68. The summed E-state index contributed by atoms with van der Waals surface area (Å²) in [6.07, 6.45) is 2.42. The monoisotopic (exact) mass is 254 g/mol.